The van der Waals surface area contributed by atoms with Crippen molar-refractivity contribution in [3.63, 3.8) is 0 Å². The van der Waals surface area contributed by atoms with E-state index in [0.29, 0.717) is 32.4 Å². The van der Waals surface area contributed by atoms with Crippen LogP contribution in [0.4, 0.5) is 0 Å². The number of ether oxygens (including phenoxy) is 3. The van der Waals surface area contributed by atoms with Crippen molar-refractivity contribution < 1.29 is 58.0 Å². The molecule has 1 aromatic carbocycles. The van der Waals surface area contributed by atoms with Gasteiger partial charge in [0.25, 0.3) is 0 Å². The van der Waals surface area contributed by atoms with Gasteiger partial charge in [-0.2, -0.15) is 0 Å². The average molecular weight is 919 g/mol. The molecule has 0 aromatic heterocycles. The summed E-state index contributed by atoms with van der Waals surface area (Å²) in [5.41, 5.74) is 0.733. The number of likely N-dealkylation sites (N-methyl/N-ethyl adjacent to an activating group) is 2. The topological polar surface area (TPSA) is 225 Å². The Morgan fingerprint density at radius 3 is 1.97 bits per heavy atom. The molecule has 18 heteroatoms. The van der Waals surface area contributed by atoms with Crippen LogP contribution in [-0.2, 0) is 54.2 Å². The second-order valence-electron chi connectivity index (χ2n) is 18.0. The number of methoxy groups -OCH3 is 2. The molecule has 0 saturated carbocycles. The van der Waals surface area contributed by atoms with Crippen LogP contribution in [0.25, 0.3) is 0 Å². The summed E-state index contributed by atoms with van der Waals surface area (Å²) in [6.07, 6.45) is 0.408. The molecule has 18 nitrogen and oxygen atoms in total. The number of hydrogen-bond acceptors (Lipinski definition) is 12. The summed E-state index contributed by atoms with van der Waals surface area (Å²) >= 11 is 0. The van der Waals surface area contributed by atoms with Gasteiger partial charge in [0.2, 0.25) is 23.6 Å². The minimum atomic E-state index is -1.24. The van der Waals surface area contributed by atoms with Crippen molar-refractivity contribution in [1.29, 1.82) is 0 Å². The maximum Gasteiger partial charge on any atom is 0.329 e. The first kappa shape index (κ1) is 56.5. The molecule has 9 atom stereocenters. The number of nitrogens with one attached hydrogen (secondary N) is 2. The first-order valence-electron chi connectivity index (χ1n) is 22.9. The van der Waals surface area contributed by atoms with Gasteiger partial charge in [-0.25, -0.2) is 4.79 Å². The van der Waals surface area contributed by atoms with E-state index < -0.39 is 85.2 Å². The van der Waals surface area contributed by atoms with Gasteiger partial charge < -0.3 is 44.9 Å². The number of aliphatic carboxylic acids is 2. The summed E-state index contributed by atoms with van der Waals surface area (Å²) in [5, 5.41) is 24.2. The second kappa shape index (κ2) is 27.7. The van der Waals surface area contributed by atoms with Crippen molar-refractivity contribution >= 4 is 41.5 Å². The predicted molar refractivity (Wildman–Crippen MR) is 245 cm³/mol. The van der Waals surface area contributed by atoms with E-state index in [1.165, 1.54) is 14.2 Å². The Labute approximate surface area is 386 Å². The number of esters is 1. The molecular formula is C47H78N6O12. The highest BCUT2D eigenvalue weighted by Gasteiger charge is 2.43. The van der Waals surface area contributed by atoms with Crippen LogP contribution in [0.1, 0.15) is 86.6 Å². The second-order valence-corrected chi connectivity index (χ2v) is 18.0. The number of carbonyl (C=O) groups is 7. The van der Waals surface area contributed by atoms with Crippen LogP contribution >= 0.6 is 0 Å². The molecule has 1 aromatic rings. The lowest BCUT2D eigenvalue weighted by molar-refractivity contribution is -0.150. The van der Waals surface area contributed by atoms with Crippen LogP contribution in [0.3, 0.4) is 0 Å². The molecule has 65 heavy (non-hydrogen) atoms. The number of benzene rings is 1. The number of amides is 4. The predicted octanol–water partition coefficient (Wildman–Crippen LogP) is 2.77. The maximum atomic E-state index is 14.4. The average Bonchev–Trinajstić information content (AvgIpc) is 3.74. The van der Waals surface area contributed by atoms with E-state index in [9.17, 15) is 43.8 Å². The Bertz CT molecular complexity index is 1680. The highest BCUT2D eigenvalue weighted by atomic mass is 16.5. The quantitative estimate of drug-likeness (QED) is 0.0849. The summed E-state index contributed by atoms with van der Waals surface area (Å²) < 4.78 is 17.5. The monoisotopic (exact) mass is 919 g/mol. The zero-order valence-electron chi connectivity index (χ0n) is 40.8. The Morgan fingerprint density at radius 1 is 0.846 bits per heavy atom. The van der Waals surface area contributed by atoms with E-state index in [2.05, 4.69) is 10.6 Å². The molecule has 1 fully saturated rings. The van der Waals surface area contributed by atoms with Crippen molar-refractivity contribution in [3.05, 3.63) is 35.9 Å². The fraction of sp³-hybridized carbons (Fsp3) is 0.723. The SMILES string of the molecule is CCC(C)C(C(CC(=O)N1CCCC1C(OC)C(C)C(=O)NC(Cc1ccccc1)C(=O)OCCN(CC(=O)O)CC(=O)O)OC)N(C)C(=O)C(NC(=O)C(C(C)C)N(C)CC)C(C)C. The number of rotatable bonds is 29. The highest BCUT2D eigenvalue weighted by Crippen LogP contribution is 2.30. The van der Waals surface area contributed by atoms with Gasteiger partial charge in [0.1, 0.15) is 18.7 Å². The number of carbonyl (C=O) groups excluding carboxylic acids is 5. The van der Waals surface area contributed by atoms with E-state index in [4.69, 9.17) is 14.2 Å². The normalized spacial score (nSPS) is 17.8. The molecule has 1 saturated heterocycles. The van der Waals surface area contributed by atoms with Gasteiger partial charge in [-0.3, -0.25) is 38.6 Å². The molecule has 0 aliphatic carbocycles. The van der Waals surface area contributed by atoms with Crippen LogP contribution in [0.2, 0.25) is 0 Å². The van der Waals surface area contributed by atoms with Gasteiger partial charge in [-0.05, 0) is 49.8 Å². The molecule has 4 amide bonds. The summed E-state index contributed by atoms with van der Waals surface area (Å²) in [6.45, 7) is 14.9. The molecule has 0 bridgehead atoms. The number of carboxylic acids is 2. The Balaban J connectivity index is 2.31. The third kappa shape index (κ3) is 16.9. The van der Waals surface area contributed by atoms with Gasteiger partial charge in [0.05, 0.1) is 55.8 Å². The molecule has 2 rings (SSSR count). The Hall–Kier alpha value is -4.65. The van der Waals surface area contributed by atoms with E-state index in [1.807, 2.05) is 66.5 Å². The zero-order valence-corrected chi connectivity index (χ0v) is 40.8. The van der Waals surface area contributed by atoms with Gasteiger partial charge in [0, 0.05) is 40.8 Å². The van der Waals surface area contributed by atoms with Crippen molar-refractivity contribution in [2.75, 3.05) is 67.6 Å². The Kier molecular flexibility index (Phi) is 24.1. The van der Waals surface area contributed by atoms with Gasteiger partial charge >= 0.3 is 17.9 Å². The number of nitrogens with zero attached hydrogens (tertiary/aromatic N) is 4. The minimum absolute atomic E-state index is 0.0120. The summed E-state index contributed by atoms with van der Waals surface area (Å²) in [4.78, 5) is 98.9. The molecule has 1 aliphatic heterocycles. The van der Waals surface area contributed by atoms with Crippen LogP contribution in [0.5, 0.6) is 0 Å². The van der Waals surface area contributed by atoms with Crippen molar-refractivity contribution in [3.8, 4) is 0 Å². The fourth-order valence-corrected chi connectivity index (χ4v) is 8.81. The third-order valence-corrected chi connectivity index (χ3v) is 12.6. The first-order valence-corrected chi connectivity index (χ1v) is 22.9. The standard InChI is InChI=1S/C47H78N6O12/c1-13-31(7)42(51(10)46(61)40(29(3)4)49-45(60)41(30(5)6)50(9)14-2)36(63-11)26-37(54)53-22-18-21-35(53)43(64-12)32(8)44(59)48-34(25-33-19-16-15-17-20-33)47(62)65-24-23-52(27-38(55)56)28-39(57)58/h15-17,19-20,29-32,34-36,40-43H,13-14,18,21-28H2,1-12H3,(H,48,59)(H,49,60)(H,55,56)(H,57,58). The molecule has 0 spiro atoms. The van der Waals surface area contributed by atoms with Crippen LogP contribution < -0.4 is 10.6 Å². The van der Waals surface area contributed by atoms with Crippen molar-refractivity contribution in [2.24, 2.45) is 23.7 Å². The van der Waals surface area contributed by atoms with E-state index >= 15 is 0 Å². The van der Waals surface area contributed by atoms with Gasteiger partial charge in [-0.1, -0.05) is 92.1 Å². The van der Waals surface area contributed by atoms with E-state index in [-0.39, 0.29) is 61.5 Å². The van der Waals surface area contributed by atoms with Crippen LogP contribution in [-0.4, -0.2) is 181 Å². The van der Waals surface area contributed by atoms with Gasteiger partial charge in [0.15, 0.2) is 0 Å². The smallest absolute Gasteiger partial charge is 0.329 e. The Morgan fingerprint density at radius 2 is 1.46 bits per heavy atom. The van der Waals surface area contributed by atoms with Crippen molar-refractivity contribution in [2.45, 2.75) is 130 Å². The fourth-order valence-electron chi connectivity index (χ4n) is 8.81. The van der Waals surface area contributed by atoms with E-state index in [0.717, 1.165) is 10.5 Å². The minimum Gasteiger partial charge on any atom is -0.480 e. The largest absolute Gasteiger partial charge is 0.480 e. The summed E-state index contributed by atoms with van der Waals surface area (Å²) in [6, 6.07) is 5.55. The molecule has 9 unspecified atom stereocenters. The number of likely N-dealkylation sites (tertiary alicyclic amines) is 1. The maximum absolute atomic E-state index is 14.4. The van der Waals surface area contributed by atoms with E-state index in [1.54, 1.807) is 48.0 Å². The van der Waals surface area contributed by atoms with Gasteiger partial charge in [-0.15, -0.1) is 0 Å². The molecule has 368 valence electrons. The molecule has 0 radical (unpaired) electrons. The van der Waals surface area contributed by atoms with Crippen molar-refractivity contribution in [1.82, 2.24) is 30.2 Å². The lowest BCUT2D eigenvalue weighted by atomic mass is 9.89. The van der Waals surface area contributed by atoms with Crippen LogP contribution in [0.15, 0.2) is 30.3 Å². The molecule has 1 aliphatic rings. The lowest BCUT2D eigenvalue weighted by Gasteiger charge is -2.41. The summed E-state index contributed by atoms with van der Waals surface area (Å²) in [5.74, 6) is -5.67. The third-order valence-electron chi connectivity index (χ3n) is 12.6. The first-order chi connectivity index (χ1) is 30.6. The number of carboxylic acid groups (broad SMARTS) is 2. The lowest BCUT2D eigenvalue weighted by Crippen LogP contribution is -2.60. The number of hydrogen-bond donors (Lipinski definition) is 4. The zero-order chi connectivity index (χ0) is 49.1. The molecular weight excluding hydrogens is 841 g/mol. The van der Waals surface area contributed by atoms with Crippen LogP contribution in [0, 0.1) is 23.7 Å². The highest BCUT2D eigenvalue weighted by molar-refractivity contribution is 5.90. The molecule has 4 N–H and O–H groups in total. The summed E-state index contributed by atoms with van der Waals surface area (Å²) in [7, 11) is 6.57. The molecule has 1 heterocycles.